The van der Waals surface area contributed by atoms with Crippen LogP contribution in [-0.4, -0.2) is 44.1 Å². The molecular formula is C22H26N6O. The van der Waals surface area contributed by atoms with Crippen LogP contribution in [0.15, 0.2) is 36.5 Å². The molecule has 150 valence electrons. The Labute approximate surface area is 170 Å². The summed E-state index contributed by atoms with van der Waals surface area (Å²) < 4.78 is 0. The molecule has 0 aliphatic carbocycles. The average Bonchev–Trinajstić information content (AvgIpc) is 3.21. The van der Waals surface area contributed by atoms with Crippen molar-refractivity contribution in [2.24, 2.45) is 0 Å². The molecule has 3 heterocycles. The predicted octanol–water partition coefficient (Wildman–Crippen LogP) is 3.01. The van der Waals surface area contributed by atoms with E-state index in [2.05, 4.69) is 32.3 Å². The minimum Gasteiger partial charge on any atom is -0.368 e. The number of hydrogen-bond acceptors (Lipinski definition) is 5. The van der Waals surface area contributed by atoms with Crippen LogP contribution in [0.3, 0.4) is 0 Å². The van der Waals surface area contributed by atoms with Crippen molar-refractivity contribution >= 4 is 11.9 Å². The number of nitrogens with zero attached hydrogens (tertiary/aromatic N) is 4. The highest BCUT2D eigenvalue weighted by atomic mass is 16.2. The standard InChI is InChI=1S/C22H26N6O/c1-14-18(15(2)26-22(23)25-14)11-20(29)28-10-6-9-17(13-28)21-19(12-24-27-21)16-7-4-3-5-8-16/h3-5,7-8,12,17H,6,9-11,13H2,1-2H3,(H,24,27)(H2,23,25,26)/t17-/m0/s1. The van der Waals surface area contributed by atoms with Crippen LogP contribution < -0.4 is 5.73 Å². The highest BCUT2D eigenvalue weighted by molar-refractivity contribution is 5.79. The Balaban J connectivity index is 1.51. The Kier molecular flexibility index (Phi) is 5.29. The van der Waals surface area contributed by atoms with Crippen molar-refractivity contribution in [3.05, 3.63) is 59.2 Å². The van der Waals surface area contributed by atoms with Crippen molar-refractivity contribution in [2.45, 2.75) is 39.0 Å². The van der Waals surface area contributed by atoms with Crippen molar-refractivity contribution in [1.29, 1.82) is 0 Å². The van der Waals surface area contributed by atoms with E-state index < -0.39 is 0 Å². The van der Waals surface area contributed by atoms with Crippen molar-refractivity contribution in [1.82, 2.24) is 25.1 Å². The van der Waals surface area contributed by atoms with Gasteiger partial charge in [-0.15, -0.1) is 0 Å². The van der Waals surface area contributed by atoms with Gasteiger partial charge in [-0.1, -0.05) is 30.3 Å². The van der Waals surface area contributed by atoms with E-state index in [9.17, 15) is 4.79 Å². The maximum absolute atomic E-state index is 13.0. The average molecular weight is 390 g/mol. The summed E-state index contributed by atoms with van der Waals surface area (Å²) in [7, 11) is 0. The molecule has 0 unspecified atom stereocenters. The molecule has 7 heteroatoms. The molecule has 7 nitrogen and oxygen atoms in total. The minimum atomic E-state index is 0.107. The molecule has 3 N–H and O–H groups in total. The van der Waals surface area contributed by atoms with E-state index in [4.69, 9.17) is 5.73 Å². The Morgan fingerprint density at radius 1 is 1.21 bits per heavy atom. The fraction of sp³-hybridized carbons (Fsp3) is 0.364. The summed E-state index contributed by atoms with van der Waals surface area (Å²) >= 11 is 0. The van der Waals surface area contributed by atoms with Gasteiger partial charge in [-0.2, -0.15) is 5.10 Å². The van der Waals surface area contributed by atoms with Crippen molar-refractivity contribution in [3.8, 4) is 11.1 Å². The molecule has 1 atom stereocenters. The summed E-state index contributed by atoms with van der Waals surface area (Å²) in [6.07, 6.45) is 4.19. The van der Waals surface area contributed by atoms with Crippen molar-refractivity contribution < 1.29 is 4.79 Å². The summed E-state index contributed by atoms with van der Waals surface area (Å²) in [4.78, 5) is 23.4. The molecule has 3 aromatic rings. The lowest BCUT2D eigenvalue weighted by atomic mass is 9.90. The van der Waals surface area contributed by atoms with Crippen LogP contribution in [0.25, 0.3) is 11.1 Å². The summed E-state index contributed by atoms with van der Waals surface area (Å²) in [5.41, 5.74) is 11.5. The molecule has 1 saturated heterocycles. The minimum absolute atomic E-state index is 0.107. The summed E-state index contributed by atoms with van der Waals surface area (Å²) in [6.45, 7) is 5.22. The SMILES string of the molecule is Cc1nc(N)nc(C)c1CC(=O)N1CCC[C@H](c2[nH]ncc2-c2ccccc2)C1. The molecule has 1 fully saturated rings. The van der Waals surface area contributed by atoms with Gasteiger partial charge in [0.05, 0.1) is 12.6 Å². The first kappa shape index (κ1) is 19.1. The molecule has 2 aromatic heterocycles. The number of anilines is 1. The van der Waals surface area contributed by atoms with Gasteiger partial charge in [-0.25, -0.2) is 9.97 Å². The summed E-state index contributed by atoms with van der Waals surface area (Å²) in [5.74, 6) is 0.604. The molecular weight excluding hydrogens is 364 g/mol. The Hall–Kier alpha value is -3.22. The second-order valence-electron chi connectivity index (χ2n) is 7.65. The number of hydrogen-bond donors (Lipinski definition) is 2. The van der Waals surface area contributed by atoms with E-state index in [1.54, 1.807) is 0 Å². The summed E-state index contributed by atoms with van der Waals surface area (Å²) in [5, 5.41) is 7.47. The number of aromatic nitrogens is 4. The highest BCUT2D eigenvalue weighted by Crippen LogP contribution is 2.33. The van der Waals surface area contributed by atoms with Gasteiger partial charge in [-0.05, 0) is 32.3 Å². The Morgan fingerprint density at radius 3 is 2.66 bits per heavy atom. The smallest absolute Gasteiger partial charge is 0.227 e. The second kappa shape index (κ2) is 8.03. The van der Waals surface area contributed by atoms with Crippen LogP contribution in [-0.2, 0) is 11.2 Å². The number of nitrogens with one attached hydrogen (secondary N) is 1. The van der Waals surface area contributed by atoms with E-state index in [1.807, 2.05) is 43.1 Å². The first-order chi connectivity index (χ1) is 14.0. The van der Waals surface area contributed by atoms with Crippen LogP contribution in [0.4, 0.5) is 5.95 Å². The largest absolute Gasteiger partial charge is 0.368 e. The van der Waals surface area contributed by atoms with Gasteiger partial charge in [-0.3, -0.25) is 9.89 Å². The third-order valence-corrected chi connectivity index (χ3v) is 5.70. The number of H-pyrrole nitrogens is 1. The number of carbonyl (C=O) groups is 1. The zero-order valence-electron chi connectivity index (χ0n) is 16.9. The van der Waals surface area contributed by atoms with Gasteiger partial charge in [0.2, 0.25) is 11.9 Å². The number of amides is 1. The molecule has 1 amide bonds. The first-order valence-corrected chi connectivity index (χ1v) is 9.99. The number of nitrogens with two attached hydrogens (primary N) is 1. The highest BCUT2D eigenvalue weighted by Gasteiger charge is 2.28. The molecule has 0 spiro atoms. The number of aryl methyl sites for hydroxylation is 2. The number of piperidine rings is 1. The molecule has 0 radical (unpaired) electrons. The van der Waals surface area contributed by atoms with Crippen LogP contribution in [0.5, 0.6) is 0 Å². The fourth-order valence-corrected chi connectivity index (χ4v) is 4.18. The Morgan fingerprint density at radius 2 is 1.93 bits per heavy atom. The van der Waals surface area contributed by atoms with E-state index in [1.165, 1.54) is 0 Å². The maximum Gasteiger partial charge on any atom is 0.227 e. The lowest BCUT2D eigenvalue weighted by Crippen LogP contribution is -2.40. The number of benzene rings is 1. The normalized spacial score (nSPS) is 16.8. The maximum atomic E-state index is 13.0. The lowest BCUT2D eigenvalue weighted by Gasteiger charge is -2.33. The van der Waals surface area contributed by atoms with Gasteiger partial charge in [0.15, 0.2) is 0 Å². The van der Waals surface area contributed by atoms with Crippen LogP contribution in [0, 0.1) is 13.8 Å². The van der Waals surface area contributed by atoms with E-state index in [0.717, 1.165) is 53.2 Å². The fourth-order valence-electron chi connectivity index (χ4n) is 4.18. The van der Waals surface area contributed by atoms with Gasteiger partial charge < -0.3 is 10.6 Å². The monoisotopic (exact) mass is 390 g/mol. The molecule has 1 aromatic carbocycles. The van der Waals surface area contributed by atoms with Crippen molar-refractivity contribution in [2.75, 3.05) is 18.8 Å². The zero-order valence-corrected chi connectivity index (χ0v) is 16.9. The molecule has 1 aliphatic rings. The van der Waals surface area contributed by atoms with E-state index in [-0.39, 0.29) is 17.8 Å². The third-order valence-electron chi connectivity index (χ3n) is 5.70. The second-order valence-corrected chi connectivity index (χ2v) is 7.65. The summed E-state index contributed by atoms with van der Waals surface area (Å²) in [6, 6.07) is 10.2. The number of rotatable bonds is 4. The number of aromatic amines is 1. The van der Waals surface area contributed by atoms with E-state index >= 15 is 0 Å². The van der Waals surface area contributed by atoms with Gasteiger partial charge in [0, 0.05) is 47.2 Å². The first-order valence-electron chi connectivity index (χ1n) is 9.99. The Bertz CT molecular complexity index is 990. The van der Waals surface area contributed by atoms with Crippen molar-refractivity contribution in [3.63, 3.8) is 0 Å². The van der Waals surface area contributed by atoms with Crippen LogP contribution in [0.2, 0.25) is 0 Å². The number of likely N-dealkylation sites (tertiary alicyclic amines) is 1. The molecule has 4 rings (SSSR count). The number of carbonyl (C=O) groups excluding carboxylic acids is 1. The van der Waals surface area contributed by atoms with Gasteiger partial charge >= 0.3 is 0 Å². The molecule has 29 heavy (non-hydrogen) atoms. The predicted molar refractivity (Wildman–Crippen MR) is 112 cm³/mol. The zero-order chi connectivity index (χ0) is 20.4. The molecule has 0 saturated carbocycles. The third kappa shape index (κ3) is 3.99. The molecule has 0 bridgehead atoms. The van der Waals surface area contributed by atoms with E-state index in [0.29, 0.717) is 13.0 Å². The van der Waals surface area contributed by atoms with Crippen LogP contribution >= 0.6 is 0 Å². The topological polar surface area (TPSA) is 101 Å². The van der Waals surface area contributed by atoms with Crippen LogP contribution in [0.1, 0.15) is 41.4 Å². The van der Waals surface area contributed by atoms with Gasteiger partial charge in [0.1, 0.15) is 0 Å². The van der Waals surface area contributed by atoms with Gasteiger partial charge in [0.25, 0.3) is 0 Å². The lowest BCUT2D eigenvalue weighted by molar-refractivity contribution is -0.131. The molecule has 1 aliphatic heterocycles. The number of nitrogen functional groups attached to an aromatic ring is 1. The quantitative estimate of drug-likeness (QED) is 0.713.